The molecular weight excluding hydrogens is 217 g/mol. The van der Waals surface area contributed by atoms with Crippen molar-refractivity contribution in [2.75, 3.05) is 0 Å². The molecule has 0 bridgehead atoms. The highest BCUT2D eigenvalue weighted by Gasteiger charge is 2.16. The van der Waals surface area contributed by atoms with Crippen LogP contribution >= 0.6 is 0 Å². The van der Waals surface area contributed by atoms with Gasteiger partial charge in [-0.2, -0.15) is 0 Å². The largest absolute Gasteiger partial charge is 0.386 e. The van der Waals surface area contributed by atoms with E-state index in [1.807, 2.05) is 6.07 Å². The highest BCUT2D eigenvalue weighted by Crippen LogP contribution is 2.24. The number of hydrogen-bond acceptors (Lipinski definition) is 2. The highest BCUT2D eigenvalue weighted by atomic mass is 19.1. The van der Waals surface area contributed by atoms with Gasteiger partial charge in [-0.3, -0.25) is 4.98 Å². The highest BCUT2D eigenvalue weighted by molar-refractivity contribution is 5.59. The van der Waals surface area contributed by atoms with E-state index in [0.717, 1.165) is 16.8 Å². The van der Waals surface area contributed by atoms with E-state index in [1.165, 1.54) is 12.1 Å². The van der Waals surface area contributed by atoms with Crippen molar-refractivity contribution in [3.8, 4) is 11.3 Å². The van der Waals surface area contributed by atoms with Crippen molar-refractivity contribution in [2.24, 2.45) is 0 Å². The summed E-state index contributed by atoms with van der Waals surface area (Å²) in [6.07, 6.45) is 1.64. The number of nitrogens with zero attached hydrogens (tertiary/aromatic N) is 1. The van der Waals surface area contributed by atoms with E-state index < -0.39 is 5.60 Å². The second-order valence-corrected chi connectivity index (χ2v) is 4.50. The first-order chi connectivity index (χ1) is 7.97. The molecule has 0 spiro atoms. The molecule has 88 valence electrons. The van der Waals surface area contributed by atoms with Crippen LogP contribution in [0.5, 0.6) is 0 Å². The second-order valence-electron chi connectivity index (χ2n) is 4.50. The molecule has 0 aliphatic carbocycles. The molecule has 0 saturated heterocycles. The summed E-state index contributed by atoms with van der Waals surface area (Å²) in [6.45, 7) is 3.44. The molecule has 0 fully saturated rings. The van der Waals surface area contributed by atoms with Crippen molar-refractivity contribution < 1.29 is 9.50 Å². The molecule has 2 aromatic rings. The minimum Gasteiger partial charge on any atom is -0.386 e. The van der Waals surface area contributed by atoms with Gasteiger partial charge in [0.1, 0.15) is 5.82 Å². The molecule has 0 aliphatic heterocycles. The van der Waals surface area contributed by atoms with Crippen molar-refractivity contribution in [1.29, 1.82) is 0 Å². The maximum absolute atomic E-state index is 12.8. The molecule has 0 aliphatic rings. The van der Waals surface area contributed by atoms with Crippen molar-refractivity contribution in [3.63, 3.8) is 0 Å². The third kappa shape index (κ3) is 2.68. The van der Waals surface area contributed by atoms with Crippen molar-refractivity contribution in [2.45, 2.75) is 19.4 Å². The summed E-state index contributed by atoms with van der Waals surface area (Å²) >= 11 is 0. The zero-order valence-corrected chi connectivity index (χ0v) is 9.81. The molecule has 1 aromatic carbocycles. The summed E-state index contributed by atoms with van der Waals surface area (Å²) in [5.41, 5.74) is 1.44. The van der Waals surface area contributed by atoms with Gasteiger partial charge in [0.25, 0.3) is 0 Å². The molecule has 3 heteroatoms. The summed E-state index contributed by atoms with van der Waals surface area (Å²) in [5.74, 6) is -0.271. The fourth-order valence-electron chi connectivity index (χ4n) is 1.59. The molecule has 1 N–H and O–H groups in total. The number of hydrogen-bond donors (Lipinski definition) is 1. The first-order valence-electron chi connectivity index (χ1n) is 5.42. The minimum absolute atomic E-state index is 0.271. The lowest BCUT2D eigenvalue weighted by Gasteiger charge is -2.18. The summed E-state index contributed by atoms with van der Waals surface area (Å²) in [7, 11) is 0. The van der Waals surface area contributed by atoms with Crippen LogP contribution in [0.25, 0.3) is 11.3 Å². The van der Waals surface area contributed by atoms with Crippen LogP contribution < -0.4 is 0 Å². The van der Waals surface area contributed by atoms with E-state index in [0.29, 0.717) is 0 Å². The topological polar surface area (TPSA) is 33.1 Å². The maximum Gasteiger partial charge on any atom is 0.123 e. The van der Waals surface area contributed by atoms with E-state index in [1.54, 1.807) is 38.2 Å². The molecule has 0 radical (unpaired) electrons. The SMILES string of the molecule is CC(C)(O)c1ccnc(-c2ccc(F)cc2)c1. The Morgan fingerprint density at radius 3 is 2.35 bits per heavy atom. The molecule has 1 aromatic heterocycles. The van der Waals surface area contributed by atoms with Crippen LogP contribution in [0.15, 0.2) is 42.6 Å². The van der Waals surface area contributed by atoms with Crippen molar-refractivity contribution in [3.05, 3.63) is 54.0 Å². The third-order valence-corrected chi connectivity index (χ3v) is 2.61. The standard InChI is InChI=1S/C14H14FNO/c1-14(2,17)11-7-8-16-13(9-11)10-3-5-12(15)6-4-10/h3-9,17H,1-2H3. The average Bonchev–Trinajstić information content (AvgIpc) is 2.29. The molecule has 0 amide bonds. The normalized spacial score (nSPS) is 11.5. The first-order valence-corrected chi connectivity index (χ1v) is 5.42. The fourth-order valence-corrected chi connectivity index (χ4v) is 1.59. The van der Waals surface area contributed by atoms with Gasteiger partial charge in [-0.05, 0) is 55.8 Å². The number of rotatable bonds is 2. The summed E-state index contributed by atoms with van der Waals surface area (Å²) < 4.78 is 12.8. The molecule has 0 unspecified atom stereocenters. The van der Waals surface area contributed by atoms with Gasteiger partial charge in [0, 0.05) is 11.8 Å². The Hall–Kier alpha value is -1.74. The predicted molar refractivity (Wildman–Crippen MR) is 64.9 cm³/mol. The van der Waals surface area contributed by atoms with Crippen LogP contribution in [-0.4, -0.2) is 10.1 Å². The van der Waals surface area contributed by atoms with E-state index in [9.17, 15) is 9.50 Å². The molecule has 1 heterocycles. The zero-order valence-electron chi connectivity index (χ0n) is 9.81. The lowest BCUT2D eigenvalue weighted by Crippen LogP contribution is -2.15. The predicted octanol–water partition coefficient (Wildman–Crippen LogP) is 3.12. The van der Waals surface area contributed by atoms with E-state index in [2.05, 4.69) is 4.98 Å². The van der Waals surface area contributed by atoms with Crippen LogP contribution in [0, 0.1) is 5.82 Å². The number of halogens is 1. The van der Waals surface area contributed by atoms with Gasteiger partial charge in [0.15, 0.2) is 0 Å². The summed E-state index contributed by atoms with van der Waals surface area (Å²) in [6, 6.07) is 9.72. The Morgan fingerprint density at radius 1 is 1.12 bits per heavy atom. The van der Waals surface area contributed by atoms with Gasteiger partial charge in [-0.15, -0.1) is 0 Å². The number of aromatic nitrogens is 1. The number of benzene rings is 1. The lowest BCUT2D eigenvalue weighted by molar-refractivity contribution is 0.0785. The number of aliphatic hydroxyl groups is 1. The Bertz CT molecular complexity index is 514. The van der Waals surface area contributed by atoms with Gasteiger partial charge in [0.2, 0.25) is 0 Å². The number of pyridine rings is 1. The summed E-state index contributed by atoms with van der Waals surface area (Å²) in [5, 5.41) is 9.92. The average molecular weight is 231 g/mol. The van der Waals surface area contributed by atoms with Gasteiger partial charge < -0.3 is 5.11 Å². The van der Waals surface area contributed by atoms with Gasteiger partial charge in [0.05, 0.1) is 11.3 Å². The van der Waals surface area contributed by atoms with E-state index in [-0.39, 0.29) is 5.82 Å². The zero-order chi connectivity index (χ0) is 12.5. The molecular formula is C14H14FNO. The van der Waals surface area contributed by atoms with Gasteiger partial charge >= 0.3 is 0 Å². The lowest BCUT2D eigenvalue weighted by atomic mass is 9.97. The molecule has 17 heavy (non-hydrogen) atoms. The van der Waals surface area contributed by atoms with Crippen molar-refractivity contribution >= 4 is 0 Å². The Kier molecular flexibility index (Phi) is 2.94. The fraction of sp³-hybridized carbons (Fsp3) is 0.214. The Balaban J connectivity index is 2.43. The van der Waals surface area contributed by atoms with Gasteiger partial charge in [-0.1, -0.05) is 0 Å². The van der Waals surface area contributed by atoms with Crippen LogP contribution in [0.1, 0.15) is 19.4 Å². The van der Waals surface area contributed by atoms with E-state index in [4.69, 9.17) is 0 Å². The smallest absolute Gasteiger partial charge is 0.123 e. The van der Waals surface area contributed by atoms with E-state index >= 15 is 0 Å². The monoisotopic (exact) mass is 231 g/mol. The molecule has 0 atom stereocenters. The van der Waals surface area contributed by atoms with Crippen LogP contribution in [0.2, 0.25) is 0 Å². The third-order valence-electron chi connectivity index (χ3n) is 2.61. The van der Waals surface area contributed by atoms with Crippen molar-refractivity contribution in [1.82, 2.24) is 4.98 Å². The molecule has 2 rings (SSSR count). The first kappa shape index (κ1) is 11.7. The quantitative estimate of drug-likeness (QED) is 0.861. The molecule has 0 saturated carbocycles. The minimum atomic E-state index is -0.905. The maximum atomic E-state index is 12.8. The summed E-state index contributed by atoms with van der Waals surface area (Å²) in [4.78, 5) is 4.22. The Labute approximate surface area is 99.8 Å². The Morgan fingerprint density at radius 2 is 1.76 bits per heavy atom. The van der Waals surface area contributed by atoms with Crippen LogP contribution in [-0.2, 0) is 5.60 Å². The van der Waals surface area contributed by atoms with Gasteiger partial charge in [-0.25, -0.2) is 4.39 Å². The van der Waals surface area contributed by atoms with Crippen LogP contribution in [0.3, 0.4) is 0 Å². The second kappa shape index (κ2) is 4.26. The van der Waals surface area contributed by atoms with Crippen LogP contribution in [0.4, 0.5) is 4.39 Å². The molecule has 2 nitrogen and oxygen atoms in total.